The molecule has 0 amide bonds. The van der Waals surface area contributed by atoms with Crippen LogP contribution in [0.25, 0.3) is 0 Å². The smallest absolute Gasteiger partial charge is 0.162 e. The Bertz CT molecular complexity index is 848. The van der Waals surface area contributed by atoms with Gasteiger partial charge in [-0.05, 0) is 54.7 Å². The lowest BCUT2D eigenvalue weighted by Gasteiger charge is -2.46. The van der Waals surface area contributed by atoms with Crippen LogP contribution in [0, 0.1) is 0 Å². The maximum Gasteiger partial charge on any atom is 0.162 e. The number of methoxy groups -OCH3 is 3. The first-order valence-corrected chi connectivity index (χ1v) is 8.98. The number of nitrogens with zero attached hydrogens (tertiary/aromatic N) is 1. The van der Waals surface area contributed by atoms with Crippen LogP contribution in [0.4, 0.5) is 0 Å². The topological polar surface area (TPSA) is 51.2 Å². The quantitative estimate of drug-likeness (QED) is 0.911. The molecule has 0 saturated carbocycles. The van der Waals surface area contributed by atoms with Crippen molar-refractivity contribution in [3.05, 3.63) is 46.5 Å². The molecule has 0 aliphatic carbocycles. The number of fused-ring (bicyclic) bond motifs is 4. The fraction of sp³-hybridized carbons (Fsp3) is 0.429. The van der Waals surface area contributed by atoms with Crippen molar-refractivity contribution in [1.82, 2.24) is 4.90 Å². The highest BCUT2D eigenvalue weighted by Gasteiger charge is 2.38. The van der Waals surface area contributed by atoms with Crippen molar-refractivity contribution in [2.24, 2.45) is 0 Å². The second kappa shape index (κ2) is 6.40. The number of phenolic OH excluding ortho intramolecular Hbond substituents is 1. The molecule has 2 unspecified atom stereocenters. The Hall–Kier alpha value is -2.40. The predicted molar refractivity (Wildman–Crippen MR) is 99.5 cm³/mol. The molecule has 2 aromatic carbocycles. The Morgan fingerprint density at radius 3 is 2.35 bits per heavy atom. The van der Waals surface area contributed by atoms with Gasteiger partial charge in [-0.2, -0.15) is 0 Å². The van der Waals surface area contributed by atoms with E-state index in [2.05, 4.69) is 30.0 Å². The minimum Gasteiger partial charge on any atom is -0.504 e. The number of aromatic hydroxyl groups is 1. The van der Waals surface area contributed by atoms with Crippen LogP contribution in [0.5, 0.6) is 23.0 Å². The zero-order valence-electron chi connectivity index (χ0n) is 15.7. The van der Waals surface area contributed by atoms with Gasteiger partial charge in [-0.3, -0.25) is 4.90 Å². The van der Waals surface area contributed by atoms with Crippen LogP contribution in [0.15, 0.2) is 24.3 Å². The van der Waals surface area contributed by atoms with Crippen molar-refractivity contribution in [2.75, 3.05) is 27.9 Å². The second-order valence-corrected chi connectivity index (χ2v) is 6.98. The summed E-state index contributed by atoms with van der Waals surface area (Å²) in [5, 5.41) is 10.7. The second-order valence-electron chi connectivity index (χ2n) is 6.98. The Labute approximate surface area is 154 Å². The lowest BCUT2D eigenvalue weighted by Crippen LogP contribution is -2.41. The molecule has 0 saturated heterocycles. The van der Waals surface area contributed by atoms with E-state index in [1.807, 2.05) is 6.07 Å². The Kier molecular flexibility index (Phi) is 4.19. The van der Waals surface area contributed by atoms with Gasteiger partial charge in [0.2, 0.25) is 0 Å². The minimum absolute atomic E-state index is 0.125. The number of hydrogen-bond donors (Lipinski definition) is 1. The van der Waals surface area contributed by atoms with Crippen molar-refractivity contribution in [3.8, 4) is 23.0 Å². The van der Waals surface area contributed by atoms with Gasteiger partial charge in [0, 0.05) is 24.2 Å². The standard InChI is InChI=1S/C21H25NO4/c1-12-20-14(5-6-17(24-2)21(20)23)9-16-15-11-19(26-4)18(25-3)10-13(15)7-8-22(12)16/h5-6,10-12,16,23H,7-9H2,1-4H3. The Balaban J connectivity index is 1.81. The summed E-state index contributed by atoms with van der Waals surface area (Å²) in [6.45, 7) is 3.11. The number of phenols is 1. The Morgan fingerprint density at radius 2 is 1.65 bits per heavy atom. The van der Waals surface area contributed by atoms with E-state index in [1.165, 1.54) is 16.7 Å². The summed E-state index contributed by atoms with van der Waals surface area (Å²) in [5.74, 6) is 2.36. The molecule has 2 aliphatic heterocycles. The van der Waals surface area contributed by atoms with E-state index in [-0.39, 0.29) is 17.8 Å². The van der Waals surface area contributed by atoms with E-state index in [4.69, 9.17) is 14.2 Å². The average molecular weight is 355 g/mol. The van der Waals surface area contributed by atoms with Crippen molar-refractivity contribution in [3.63, 3.8) is 0 Å². The maximum atomic E-state index is 10.7. The molecule has 0 bridgehead atoms. The molecule has 2 aliphatic rings. The zero-order chi connectivity index (χ0) is 18.4. The summed E-state index contributed by atoms with van der Waals surface area (Å²) in [6.07, 6.45) is 1.82. The predicted octanol–water partition coefficient (Wildman–Crippen LogP) is 3.63. The fourth-order valence-electron chi connectivity index (χ4n) is 4.55. The summed E-state index contributed by atoms with van der Waals surface area (Å²) in [7, 11) is 4.94. The number of rotatable bonds is 3. The molecular formula is C21H25NO4. The van der Waals surface area contributed by atoms with Gasteiger partial charge in [-0.25, -0.2) is 0 Å². The van der Waals surface area contributed by atoms with Crippen LogP contribution in [-0.2, 0) is 12.8 Å². The van der Waals surface area contributed by atoms with Gasteiger partial charge >= 0.3 is 0 Å². The summed E-state index contributed by atoms with van der Waals surface area (Å²) in [4.78, 5) is 2.47. The highest BCUT2D eigenvalue weighted by Crippen LogP contribution is 2.49. The monoisotopic (exact) mass is 355 g/mol. The number of ether oxygens (including phenoxy) is 3. The van der Waals surface area contributed by atoms with E-state index in [0.717, 1.165) is 36.4 Å². The van der Waals surface area contributed by atoms with Gasteiger partial charge < -0.3 is 19.3 Å². The van der Waals surface area contributed by atoms with Crippen molar-refractivity contribution in [2.45, 2.75) is 31.8 Å². The lowest BCUT2D eigenvalue weighted by molar-refractivity contribution is 0.114. The summed E-state index contributed by atoms with van der Waals surface area (Å²) in [6, 6.07) is 8.56. The van der Waals surface area contributed by atoms with Gasteiger partial charge in [0.15, 0.2) is 23.0 Å². The van der Waals surface area contributed by atoms with Crippen molar-refractivity contribution < 1.29 is 19.3 Å². The molecule has 0 spiro atoms. The molecular weight excluding hydrogens is 330 g/mol. The van der Waals surface area contributed by atoms with Crippen molar-refractivity contribution >= 4 is 0 Å². The largest absolute Gasteiger partial charge is 0.504 e. The van der Waals surface area contributed by atoms with Gasteiger partial charge in [-0.1, -0.05) is 6.07 Å². The minimum atomic E-state index is 0.125. The van der Waals surface area contributed by atoms with Crippen LogP contribution in [0.3, 0.4) is 0 Å². The van der Waals surface area contributed by atoms with E-state index in [1.54, 1.807) is 21.3 Å². The van der Waals surface area contributed by atoms with E-state index < -0.39 is 0 Å². The number of benzene rings is 2. The van der Waals surface area contributed by atoms with Gasteiger partial charge in [0.1, 0.15) is 0 Å². The van der Waals surface area contributed by atoms with E-state index >= 15 is 0 Å². The summed E-state index contributed by atoms with van der Waals surface area (Å²) in [5.41, 5.74) is 4.78. The van der Waals surface area contributed by atoms with Crippen LogP contribution in [-0.4, -0.2) is 37.9 Å². The summed E-state index contributed by atoms with van der Waals surface area (Å²) >= 11 is 0. The first-order chi connectivity index (χ1) is 12.6. The average Bonchev–Trinajstić information content (AvgIpc) is 2.66. The molecule has 0 fully saturated rings. The molecule has 138 valence electrons. The van der Waals surface area contributed by atoms with Crippen molar-refractivity contribution in [1.29, 1.82) is 0 Å². The van der Waals surface area contributed by atoms with E-state index in [0.29, 0.717) is 5.75 Å². The van der Waals surface area contributed by atoms with Crippen LogP contribution < -0.4 is 14.2 Å². The molecule has 26 heavy (non-hydrogen) atoms. The third-order valence-electron chi connectivity index (χ3n) is 5.86. The van der Waals surface area contributed by atoms with Crippen LogP contribution >= 0.6 is 0 Å². The van der Waals surface area contributed by atoms with Crippen LogP contribution in [0.1, 0.15) is 41.3 Å². The SMILES string of the molecule is COc1cc2c(cc1OC)C1Cc3ccc(OC)c(O)c3C(C)N1CC2. The Morgan fingerprint density at radius 1 is 0.962 bits per heavy atom. The molecule has 5 heteroatoms. The number of hydrogen-bond acceptors (Lipinski definition) is 5. The molecule has 0 aromatic heterocycles. The maximum absolute atomic E-state index is 10.7. The van der Waals surface area contributed by atoms with Gasteiger partial charge in [0.25, 0.3) is 0 Å². The molecule has 2 aromatic rings. The first-order valence-electron chi connectivity index (χ1n) is 8.98. The van der Waals surface area contributed by atoms with Gasteiger partial charge in [-0.15, -0.1) is 0 Å². The molecule has 0 radical (unpaired) electrons. The fourth-order valence-corrected chi connectivity index (χ4v) is 4.55. The first kappa shape index (κ1) is 17.0. The molecule has 4 rings (SSSR count). The zero-order valence-corrected chi connectivity index (χ0v) is 15.7. The van der Waals surface area contributed by atoms with E-state index in [9.17, 15) is 5.11 Å². The normalized spacial score (nSPS) is 21.4. The van der Waals surface area contributed by atoms with Gasteiger partial charge in [0.05, 0.1) is 21.3 Å². The van der Waals surface area contributed by atoms with Crippen LogP contribution in [0.2, 0.25) is 0 Å². The molecule has 5 nitrogen and oxygen atoms in total. The molecule has 2 heterocycles. The highest BCUT2D eigenvalue weighted by molar-refractivity contribution is 5.55. The highest BCUT2D eigenvalue weighted by atomic mass is 16.5. The molecule has 2 atom stereocenters. The third-order valence-corrected chi connectivity index (χ3v) is 5.86. The molecule has 1 N–H and O–H groups in total. The lowest BCUT2D eigenvalue weighted by atomic mass is 9.80. The summed E-state index contributed by atoms with van der Waals surface area (Å²) < 4.78 is 16.3. The third kappa shape index (κ3) is 2.42.